The Morgan fingerprint density at radius 3 is 0.800 bits per heavy atom. The zero-order valence-electron chi connectivity index (χ0n) is 4.12. The SMILES string of the molecule is C.C.C.C.C.CCCCC. The second kappa shape index (κ2) is 64.0. The maximum atomic E-state index is 2.21. The molecule has 0 spiro atoms. The highest BCUT2D eigenvalue weighted by Gasteiger charge is 1.68. The average Bonchev–Trinajstić information content (AvgIpc) is 1.41. The molecule has 0 unspecified atom stereocenters. The number of hydrogen-bond acceptors (Lipinski definition) is 0. The van der Waals surface area contributed by atoms with Gasteiger partial charge in [0.15, 0.2) is 0 Å². The lowest BCUT2D eigenvalue weighted by molar-refractivity contribution is 0.772. The van der Waals surface area contributed by atoms with Crippen LogP contribution >= 0.6 is 0 Å². The number of hydrogen-bond donors (Lipinski definition) is 0. The Kier molecular flexibility index (Phi) is 324. The van der Waals surface area contributed by atoms with E-state index in [1.165, 1.54) is 19.3 Å². The van der Waals surface area contributed by atoms with Gasteiger partial charge in [-0.15, -0.1) is 0 Å². The number of unbranched alkanes of at least 4 members (excludes halogenated alkanes) is 2. The van der Waals surface area contributed by atoms with Gasteiger partial charge < -0.3 is 0 Å². The zero-order chi connectivity index (χ0) is 4.12. The molecule has 0 atom stereocenters. The molecule has 0 bridgehead atoms. The highest BCUT2D eigenvalue weighted by Crippen LogP contribution is 1.88. The van der Waals surface area contributed by atoms with Crippen molar-refractivity contribution in [1.29, 1.82) is 0 Å². The second-order valence-electron chi connectivity index (χ2n) is 1.35. The molecule has 0 amide bonds. The van der Waals surface area contributed by atoms with E-state index in [4.69, 9.17) is 0 Å². The summed E-state index contributed by atoms with van der Waals surface area (Å²) < 4.78 is 0. The van der Waals surface area contributed by atoms with E-state index in [0.717, 1.165) is 0 Å². The Labute approximate surface area is 71.1 Å². The maximum Gasteiger partial charge on any atom is -0.0538 e. The quantitative estimate of drug-likeness (QED) is 0.498. The molecule has 0 fully saturated rings. The van der Waals surface area contributed by atoms with E-state index in [9.17, 15) is 0 Å². The smallest absolute Gasteiger partial charge is 0.0538 e. The van der Waals surface area contributed by atoms with Crippen molar-refractivity contribution in [3.8, 4) is 0 Å². The Morgan fingerprint density at radius 2 is 0.800 bits per heavy atom. The third kappa shape index (κ3) is 98.0. The van der Waals surface area contributed by atoms with Gasteiger partial charge in [-0.25, -0.2) is 0 Å². The van der Waals surface area contributed by atoms with Crippen molar-refractivity contribution in [3.63, 3.8) is 0 Å². The standard InChI is InChI=1S/C5H12.5CH4/c1-3-5-4-2;;;;;/h3-5H2,1-2H3;5*1H4. The molecule has 0 aromatic rings. The molecule has 0 nitrogen and oxygen atoms in total. The fourth-order valence-corrected chi connectivity index (χ4v) is 0.354. The van der Waals surface area contributed by atoms with Crippen molar-refractivity contribution < 1.29 is 0 Å². The Bertz CT molecular complexity index is 7.51. The van der Waals surface area contributed by atoms with Crippen LogP contribution in [0.2, 0.25) is 0 Å². The fourth-order valence-electron chi connectivity index (χ4n) is 0.354. The van der Waals surface area contributed by atoms with E-state index < -0.39 is 0 Å². The summed E-state index contributed by atoms with van der Waals surface area (Å²) in [4.78, 5) is 0. The third-order valence-corrected chi connectivity index (χ3v) is 0.707. The first-order chi connectivity index (χ1) is 2.41. The van der Waals surface area contributed by atoms with Gasteiger partial charge in [-0.3, -0.25) is 0 Å². The van der Waals surface area contributed by atoms with Gasteiger partial charge in [0.1, 0.15) is 0 Å². The Morgan fingerprint density at radius 1 is 0.600 bits per heavy atom. The maximum absolute atomic E-state index is 2.21. The van der Waals surface area contributed by atoms with Gasteiger partial charge in [0.2, 0.25) is 0 Å². The van der Waals surface area contributed by atoms with Crippen LogP contribution in [0.1, 0.15) is 70.2 Å². The Hall–Kier alpha value is 0. The summed E-state index contributed by atoms with van der Waals surface area (Å²) in [6.45, 7) is 4.42. The zero-order valence-corrected chi connectivity index (χ0v) is 4.12. The van der Waals surface area contributed by atoms with Crippen LogP contribution in [0, 0.1) is 0 Å². The highest BCUT2D eigenvalue weighted by molar-refractivity contribution is 4.24. The summed E-state index contributed by atoms with van der Waals surface area (Å²) in [6.07, 6.45) is 4.08. The summed E-state index contributed by atoms with van der Waals surface area (Å²) in [6, 6.07) is 0. The molecular weight excluding hydrogens is 120 g/mol. The Balaban J connectivity index is -0.00000000800. The topological polar surface area (TPSA) is 0 Å². The van der Waals surface area contributed by atoms with Crippen LogP contribution < -0.4 is 0 Å². The molecule has 0 saturated heterocycles. The van der Waals surface area contributed by atoms with Crippen LogP contribution in [0.15, 0.2) is 0 Å². The molecule has 0 N–H and O–H groups in total. The van der Waals surface area contributed by atoms with E-state index in [0.29, 0.717) is 0 Å². The van der Waals surface area contributed by atoms with Gasteiger partial charge in [0.05, 0.1) is 0 Å². The van der Waals surface area contributed by atoms with Gasteiger partial charge in [0, 0.05) is 0 Å². The molecule has 0 rings (SSSR count). The van der Waals surface area contributed by atoms with Crippen LogP contribution in [0.5, 0.6) is 0 Å². The largest absolute Gasteiger partial charge is 0.0776 e. The molecule has 0 aromatic carbocycles. The summed E-state index contributed by atoms with van der Waals surface area (Å²) in [5.74, 6) is 0. The van der Waals surface area contributed by atoms with Gasteiger partial charge >= 0.3 is 0 Å². The minimum Gasteiger partial charge on any atom is -0.0776 e. The molecule has 0 saturated carbocycles. The summed E-state index contributed by atoms with van der Waals surface area (Å²) in [7, 11) is 0. The average molecular weight is 152 g/mol. The lowest BCUT2D eigenvalue weighted by Gasteiger charge is -1.79. The second-order valence-corrected chi connectivity index (χ2v) is 1.35. The minimum atomic E-state index is 0. The first-order valence-electron chi connectivity index (χ1n) is 2.41. The lowest BCUT2D eigenvalue weighted by Crippen LogP contribution is -1.59. The van der Waals surface area contributed by atoms with E-state index in [2.05, 4.69) is 13.8 Å². The van der Waals surface area contributed by atoms with E-state index in [1.54, 1.807) is 0 Å². The molecular formula is C10H32. The van der Waals surface area contributed by atoms with Crippen molar-refractivity contribution in [2.45, 2.75) is 70.2 Å². The van der Waals surface area contributed by atoms with Gasteiger partial charge in [-0.05, 0) is 0 Å². The molecule has 0 aromatic heterocycles. The van der Waals surface area contributed by atoms with Crippen LogP contribution in [-0.4, -0.2) is 0 Å². The lowest BCUT2D eigenvalue weighted by atomic mass is 10.3. The van der Waals surface area contributed by atoms with Crippen molar-refractivity contribution in [2.24, 2.45) is 0 Å². The number of rotatable bonds is 2. The monoisotopic (exact) mass is 152 g/mol. The van der Waals surface area contributed by atoms with Gasteiger partial charge in [0.25, 0.3) is 0 Å². The van der Waals surface area contributed by atoms with Crippen LogP contribution in [-0.2, 0) is 0 Å². The predicted molar refractivity (Wildman–Crippen MR) is 58.9 cm³/mol. The first kappa shape index (κ1) is 50.6. The summed E-state index contributed by atoms with van der Waals surface area (Å²) >= 11 is 0. The third-order valence-electron chi connectivity index (χ3n) is 0.707. The molecule has 10 heavy (non-hydrogen) atoms. The minimum absolute atomic E-state index is 0. The normalized spacial score (nSPS) is 4.20. The summed E-state index contributed by atoms with van der Waals surface area (Å²) in [5, 5.41) is 0. The van der Waals surface area contributed by atoms with Gasteiger partial charge in [-0.2, -0.15) is 0 Å². The van der Waals surface area contributed by atoms with Crippen LogP contribution in [0.4, 0.5) is 0 Å². The van der Waals surface area contributed by atoms with Gasteiger partial charge in [-0.1, -0.05) is 70.2 Å². The van der Waals surface area contributed by atoms with Crippen molar-refractivity contribution >= 4 is 0 Å². The van der Waals surface area contributed by atoms with Crippen molar-refractivity contribution in [3.05, 3.63) is 0 Å². The van der Waals surface area contributed by atoms with E-state index in [1.807, 2.05) is 0 Å². The predicted octanol–water partition coefficient (Wildman–Crippen LogP) is 5.38. The molecule has 0 heterocycles. The molecule has 0 heteroatoms. The van der Waals surface area contributed by atoms with Crippen molar-refractivity contribution in [2.75, 3.05) is 0 Å². The van der Waals surface area contributed by atoms with Crippen LogP contribution in [0.25, 0.3) is 0 Å². The van der Waals surface area contributed by atoms with Crippen LogP contribution in [0.3, 0.4) is 0 Å². The highest BCUT2D eigenvalue weighted by atomic mass is 13.7. The van der Waals surface area contributed by atoms with E-state index in [-0.39, 0.29) is 37.1 Å². The van der Waals surface area contributed by atoms with E-state index >= 15 is 0 Å². The molecule has 0 aliphatic heterocycles. The van der Waals surface area contributed by atoms with Crippen molar-refractivity contribution in [1.82, 2.24) is 0 Å². The first-order valence-corrected chi connectivity index (χ1v) is 2.41. The fraction of sp³-hybridized carbons (Fsp3) is 1.00. The molecule has 72 valence electrons. The molecule has 0 aliphatic rings. The molecule has 0 aliphatic carbocycles. The molecule has 0 radical (unpaired) electrons. The summed E-state index contributed by atoms with van der Waals surface area (Å²) in [5.41, 5.74) is 0.